The zero-order valence-corrected chi connectivity index (χ0v) is 8.12. The molecule has 0 fully saturated rings. The fourth-order valence-electron chi connectivity index (χ4n) is 0.989. The number of hydrogen-bond acceptors (Lipinski definition) is 1. The average Bonchev–Trinajstić information content (AvgIpc) is 2.04. The van der Waals surface area contributed by atoms with Crippen LogP contribution in [0, 0.1) is 0 Å². The zero-order valence-electron chi connectivity index (χ0n) is 8.12. The summed E-state index contributed by atoms with van der Waals surface area (Å²) in [5.41, 5.74) is 0.112. The monoisotopic (exact) mass is 179 g/mol. The quantitative estimate of drug-likeness (QED) is 0.697. The minimum Gasteiger partial charge on any atom is -0.374 e. The van der Waals surface area contributed by atoms with Gasteiger partial charge in [0.15, 0.2) is 0 Å². The van der Waals surface area contributed by atoms with Crippen molar-refractivity contribution in [1.82, 2.24) is 0 Å². The largest absolute Gasteiger partial charge is 0.374 e. The van der Waals surface area contributed by atoms with Gasteiger partial charge in [-0.15, -0.1) is 0 Å². The summed E-state index contributed by atoms with van der Waals surface area (Å²) in [6.07, 6.45) is 0. The molecule has 0 atom stereocenters. The topological polar surface area (TPSA) is 29.1 Å². The lowest BCUT2D eigenvalue weighted by molar-refractivity contribution is -0.0703. The van der Waals surface area contributed by atoms with Gasteiger partial charge in [-0.3, -0.25) is 0 Å². The maximum Gasteiger partial charge on any atom is 0.121 e. The van der Waals surface area contributed by atoms with E-state index < -0.39 is 5.60 Å². The SMILES string of the molecule is CC(C)([O])COCc1ccccc1. The summed E-state index contributed by atoms with van der Waals surface area (Å²) in [5.74, 6) is 0. The standard InChI is InChI=1S/C11H15O2/c1-11(2,12)9-13-8-10-6-4-3-5-7-10/h3-7H,8-9H2,1-2H3. The normalized spacial score (nSPS) is 11.6. The maximum absolute atomic E-state index is 11.2. The molecule has 0 aromatic heterocycles. The zero-order chi connectivity index (χ0) is 9.73. The van der Waals surface area contributed by atoms with Crippen LogP contribution in [0.3, 0.4) is 0 Å². The molecular formula is C11H15O2. The Hall–Kier alpha value is -0.860. The molecule has 1 rings (SSSR count). The van der Waals surface area contributed by atoms with Crippen LogP contribution in [-0.2, 0) is 16.5 Å². The molecular weight excluding hydrogens is 164 g/mol. The molecule has 0 saturated heterocycles. The highest BCUT2D eigenvalue weighted by atomic mass is 16.5. The van der Waals surface area contributed by atoms with Crippen molar-refractivity contribution in [3.05, 3.63) is 35.9 Å². The van der Waals surface area contributed by atoms with Gasteiger partial charge >= 0.3 is 0 Å². The lowest BCUT2D eigenvalue weighted by Gasteiger charge is -2.14. The molecule has 0 amide bonds. The van der Waals surface area contributed by atoms with Crippen LogP contribution in [0.15, 0.2) is 30.3 Å². The van der Waals surface area contributed by atoms with Gasteiger partial charge in [-0.05, 0) is 19.4 Å². The van der Waals surface area contributed by atoms with Crippen LogP contribution in [0.1, 0.15) is 19.4 Å². The van der Waals surface area contributed by atoms with Crippen molar-refractivity contribution in [2.45, 2.75) is 26.1 Å². The molecule has 13 heavy (non-hydrogen) atoms. The van der Waals surface area contributed by atoms with Crippen molar-refractivity contribution in [3.8, 4) is 0 Å². The van der Waals surface area contributed by atoms with Crippen LogP contribution in [0.4, 0.5) is 0 Å². The number of rotatable bonds is 4. The minimum atomic E-state index is -0.991. The van der Waals surface area contributed by atoms with Crippen molar-refractivity contribution in [2.75, 3.05) is 6.61 Å². The second-order valence-electron chi connectivity index (χ2n) is 3.74. The van der Waals surface area contributed by atoms with Crippen LogP contribution in [-0.4, -0.2) is 12.2 Å². The van der Waals surface area contributed by atoms with Gasteiger partial charge in [0.05, 0.1) is 13.2 Å². The van der Waals surface area contributed by atoms with Crippen LogP contribution in [0.2, 0.25) is 0 Å². The van der Waals surface area contributed by atoms with E-state index >= 15 is 0 Å². The molecule has 0 aliphatic heterocycles. The lowest BCUT2D eigenvalue weighted by Crippen LogP contribution is -2.24. The van der Waals surface area contributed by atoms with E-state index in [1.165, 1.54) is 0 Å². The fourth-order valence-corrected chi connectivity index (χ4v) is 0.989. The van der Waals surface area contributed by atoms with E-state index in [0.717, 1.165) is 5.56 Å². The van der Waals surface area contributed by atoms with Gasteiger partial charge in [0.25, 0.3) is 0 Å². The summed E-state index contributed by atoms with van der Waals surface area (Å²) in [6.45, 7) is 4.02. The van der Waals surface area contributed by atoms with Gasteiger partial charge in [0, 0.05) is 0 Å². The smallest absolute Gasteiger partial charge is 0.121 e. The van der Waals surface area contributed by atoms with E-state index in [0.29, 0.717) is 6.61 Å². The summed E-state index contributed by atoms with van der Waals surface area (Å²) in [5, 5.41) is 11.2. The molecule has 1 aromatic carbocycles. The fraction of sp³-hybridized carbons (Fsp3) is 0.455. The molecule has 2 nitrogen and oxygen atoms in total. The Balaban J connectivity index is 2.29. The van der Waals surface area contributed by atoms with E-state index in [-0.39, 0.29) is 6.61 Å². The first-order chi connectivity index (χ1) is 6.08. The molecule has 2 heteroatoms. The van der Waals surface area contributed by atoms with Crippen LogP contribution in [0.25, 0.3) is 0 Å². The van der Waals surface area contributed by atoms with Crippen molar-refractivity contribution in [3.63, 3.8) is 0 Å². The van der Waals surface area contributed by atoms with Gasteiger partial charge in [0.1, 0.15) is 5.60 Å². The Kier molecular flexibility index (Phi) is 3.46. The molecule has 0 bridgehead atoms. The lowest BCUT2D eigenvalue weighted by atomic mass is 10.2. The van der Waals surface area contributed by atoms with Gasteiger partial charge in [-0.1, -0.05) is 30.3 Å². The molecule has 1 radical (unpaired) electrons. The highest BCUT2D eigenvalue weighted by Gasteiger charge is 2.14. The molecule has 0 N–H and O–H groups in total. The van der Waals surface area contributed by atoms with Gasteiger partial charge in [-0.2, -0.15) is 0 Å². The first-order valence-electron chi connectivity index (χ1n) is 4.40. The highest BCUT2D eigenvalue weighted by Crippen LogP contribution is 2.06. The van der Waals surface area contributed by atoms with Crippen molar-refractivity contribution >= 4 is 0 Å². The third-order valence-corrected chi connectivity index (χ3v) is 1.56. The molecule has 0 aliphatic rings. The molecule has 0 heterocycles. The Labute approximate surface area is 79.2 Å². The van der Waals surface area contributed by atoms with Crippen molar-refractivity contribution in [1.29, 1.82) is 0 Å². The second kappa shape index (κ2) is 4.40. The molecule has 0 unspecified atom stereocenters. The number of hydrogen-bond donors (Lipinski definition) is 0. The summed E-state index contributed by atoms with van der Waals surface area (Å²) in [7, 11) is 0. The van der Waals surface area contributed by atoms with Gasteiger partial charge in [0.2, 0.25) is 0 Å². The van der Waals surface area contributed by atoms with Crippen LogP contribution < -0.4 is 0 Å². The van der Waals surface area contributed by atoms with Crippen LogP contribution >= 0.6 is 0 Å². The Morgan fingerprint density at radius 2 is 1.85 bits per heavy atom. The Morgan fingerprint density at radius 3 is 2.38 bits per heavy atom. The first-order valence-corrected chi connectivity index (χ1v) is 4.40. The van der Waals surface area contributed by atoms with E-state index in [9.17, 15) is 5.11 Å². The molecule has 0 saturated carbocycles. The minimum absolute atomic E-state index is 0.252. The molecule has 0 aliphatic carbocycles. The van der Waals surface area contributed by atoms with E-state index in [4.69, 9.17) is 4.74 Å². The Morgan fingerprint density at radius 1 is 1.23 bits per heavy atom. The van der Waals surface area contributed by atoms with E-state index in [1.54, 1.807) is 13.8 Å². The van der Waals surface area contributed by atoms with Gasteiger partial charge in [-0.25, -0.2) is 5.11 Å². The third-order valence-electron chi connectivity index (χ3n) is 1.56. The summed E-state index contributed by atoms with van der Waals surface area (Å²) < 4.78 is 5.27. The summed E-state index contributed by atoms with van der Waals surface area (Å²) >= 11 is 0. The van der Waals surface area contributed by atoms with Crippen molar-refractivity contribution in [2.24, 2.45) is 0 Å². The Bertz CT molecular complexity index is 236. The summed E-state index contributed by atoms with van der Waals surface area (Å²) in [6, 6.07) is 9.85. The summed E-state index contributed by atoms with van der Waals surface area (Å²) in [4.78, 5) is 0. The van der Waals surface area contributed by atoms with Crippen LogP contribution in [0.5, 0.6) is 0 Å². The third kappa shape index (κ3) is 4.65. The van der Waals surface area contributed by atoms with E-state index in [1.807, 2.05) is 30.3 Å². The predicted molar refractivity (Wildman–Crippen MR) is 50.9 cm³/mol. The second-order valence-corrected chi connectivity index (χ2v) is 3.74. The van der Waals surface area contributed by atoms with Crippen molar-refractivity contribution < 1.29 is 9.84 Å². The first kappa shape index (κ1) is 10.2. The molecule has 1 aromatic rings. The number of benzene rings is 1. The average molecular weight is 179 g/mol. The molecule has 0 spiro atoms. The predicted octanol–water partition coefficient (Wildman–Crippen LogP) is 2.41. The maximum atomic E-state index is 11.2. The van der Waals surface area contributed by atoms with Gasteiger partial charge < -0.3 is 4.74 Å². The number of ether oxygens (including phenoxy) is 1. The highest BCUT2D eigenvalue weighted by molar-refractivity contribution is 5.13. The molecule has 71 valence electrons. The van der Waals surface area contributed by atoms with E-state index in [2.05, 4.69) is 0 Å².